The van der Waals surface area contributed by atoms with Gasteiger partial charge in [0, 0.05) is 0 Å². The number of aryl methyl sites for hydroxylation is 2. The summed E-state index contributed by atoms with van der Waals surface area (Å²) in [5, 5.41) is 8.65. The molecule has 1 aromatic carbocycles. The third kappa shape index (κ3) is 3.24. The summed E-state index contributed by atoms with van der Waals surface area (Å²) in [6.45, 7) is 1.96. The molecule has 0 spiro atoms. The second-order valence-corrected chi connectivity index (χ2v) is 3.79. The lowest BCUT2D eigenvalue weighted by Gasteiger charge is -2.09. The summed E-state index contributed by atoms with van der Waals surface area (Å²) >= 11 is 0. The predicted molar refractivity (Wildman–Crippen MR) is 61.7 cm³/mol. The number of hydrogen-bond donors (Lipinski definition) is 2. The van der Waals surface area contributed by atoms with Gasteiger partial charge in [-0.05, 0) is 37.0 Å². The van der Waals surface area contributed by atoms with Crippen LogP contribution < -0.4 is 10.5 Å². The van der Waals surface area contributed by atoms with E-state index in [0.29, 0.717) is 12.8 Å². The van der Waals surface area contributed by atoms with E-state index in [0.717, 1.165) is 16.9 Å². The van der Waals surface area contributed by atoms with E-state index in [-0.39, 0.29) is 0 Å². The van der Waals surface area contributed by atoms with Crippen molar-refractivity contribution in [2.75, 3.05) is 7.11 Å². The minimum atomic E-state index is -0.953. The van der Waals surface area contributed by atoms with Crippen LogP contribution in [0.4, 0.5) is 0 Å². The molecule has 0 aliphatic rings. The molecule has 4 nitrogen and oxygen atoms in total. The molecule has 1 atom stereocenters. The smallest absolute Gasteiger partial charge is 0.320 e. The minimum Gasteiger partial charge on any atom is -0.496 e. The van der Waals surface area contributed by atoms with Crippen molar-refractivity contribution in [2.45, 2.75) is 25.8 Å². The lowest BCUT2D eigenvalue weighted by molar-refractivity contribution is -0.138. The molecule has 0 bridgehead atoms. The standard InChI is InChI=1S/C12H17NO3/c1-8-7-9(4-6-11(8)16-2)3-5-10(13)12(14)15/h4,6-7,10H,3,5,13H2,1-2H3,(H,14,15). The molecule has 0 heterocycles. The molecule has 0 aliphatic carbocycles. The van der Waals surface area contributed by atoms with Crippen molar-refractivity contribution in [3.05, 3.63) is 29.3 Å². The number of carbonyl (C=O) groups is 1. The zero-order valence-electron chi connectivity index (χ0n) is 9.56. The molecule has 88 valence electrons. The zero-order valence-corrected chi connectivity index (χ0v) is 9.56. The van der Waals surface area contributed by atoms with Crippen molar-refractivity contribution in [3.63, 3.8) is 0 Å². The summed E-state index contributed by atoms with van der Waals surface area (Å²) in [7, 11) is 1.63. The van der Waals surface area contributed by atoms with Crippen molar-refractivity contribution < 1.29 is 14.6 Å². The van der Waals surface area contributed by atoms with Gasteiger partial charge >= 0.3 is 5.97 Å². The van der Waals surface area contributed by atoms with Crippen molar-refractivity contribution >= 4 is 5.97 Å². The second kappa shape index (κ2) is 5.51. The first-order valence-corrected chi connectivity index (χ1v) is 5.16. The average molecular weight is 223 g/mol. The number of nitrogens with two attached hydrogens (primary N) is 1. The van der Waals surface area contributed by atoms with E-state index < -0.39 is 12.0 Å². The maximum atomic E-state index is 10.5. The minimum absolute atomic E-state index is 0.446. The molecule has 1 aromatic rings. The Morgan fingerprint density at radius 2 is 2.25 bits per heavy atom. The number of carboxylic acid groups (broad SMARTS) is 1. The van der Waals surface area contributed by atoms with Gasteiger partial charge in [0.1, 0.15) is 11.8 Å². The van der Waals surface area contributed by atoms with Crippen LogP contribution in [0.3, 0.4) is 0 Å². The van der Waals surface area contributed by atoms with Crippen LogP contribution in [-0.4, -0.2) is 24.2 Å². The molecule has 3 N–H and O–H groups in total. The Morgan fingerprint density at radius 3 is 2.75 bits per heavy atom. The molecule has 0 fully saturated rings. The van der Waals surface area contributed by atoms with Crippen molar-refractivity contribution in [3.8, 4) is 5.75 Å². The largest absolute Gasteiger partial charge is 0.496 e. The van der Waals surface area contributed by atoms with E-state index >= 15 is 0 Å². The highest BCUT2D eigenvalue weighted by Crippen LogP contribution is 2.19. The summed E-state index contributed by atoms with van der Waals surface area (Å²) in [6, 6.07) is 5.02. The van der Waals surface area contributed by atoms with Gasteiger partial charge in [-0.3, -0.25) is 4.79 Å². The molecule has 16 heavy (non-hydrogen) atoms. The third-order valence-electron chi connectivity index (χ3n) is 2.52. The quantitative estimate of drug-likeness (QED) is 0.790. The lowest BCUT2D eigenvalue weighted by Crippen LogP contribution is -2.30. The van der Waals surface area contributed by atoms with Gasteiger partial charge in [-0.25, -0.2) is 0 Å². The first-order chi connectivity index (χ1) is 7.54. The van der Waals surface area contributed by atoms with Gasteiger partial charge in [0.25, 0.3) is 0 Å². The van der Waals surface area contributed by atoms with Crippen LogP contribution in [0.5, 0.6) is 5.75 Å². The average Bonchev–Trinajstić information content (AvgIpc) is 2.25. The molecular formula is C12H17NO3. The van der Waals surface area contributed by atoms with Crippen LogP contribution in [0.2, 0.25) is 0 Å². The maximum absolute atomic E-state index is 10.5. The molecule has 0 saturated heterocycles. The Bertz CT molecular complexity index is 377. The monoisotopic (exact) mass is 223 g/mol. The first kappa shape index (κ1) is 12.5. The van der Waals surface area contributed by atoms with Gasteiger partial charge in [-0.15, -0.1) is 0 Å². The van der Waals surface area contributed by atoms with E-state index in [9.17, 15) is 4.79 Å². The molecule has 0 aromatic heterocycles. The van der Waals surface area contributed by atoms with Crippen molar-refractivity contribution in [2.24, 2.45) is 5.73 Å². The summed E-state index contributed by atoms with van der Waals surface area (Å²) in [5.74, 6) is -0.114. The van der Waals surface area contributed by atoms with E-state index in [1.807, 2.05) is 25.1 Å². The predicted octanol–water partition coefficient (Wildman–Crippen LogP) is 1.35. The van der Waals surface area contributed by atoms with E-state index in [1.54, 1.807) is 7.11 Å². The van der Waals surface area contributed by atoms with Gasteiger partial charge in [0.15, 0.2) is 0 Å². The Hall–Kier alpha value is -1.55. The number of hydrogen-bond acceptors (Lipinski definition) is 3. The van der Waals surface area contributed by atoms with E-state index in [2.05, 4.69) is 0 Å². The number of methoxy groups -OCH3 is 1. The fourth-order valence-corrected chi connectivity index (χ4v) is 1.54. The molecule has 0 amide bonds. The number of benzene rings is 1. The van der Waals surface area contributed by atoms with Crippen molar-refractivity contribution in [1.29, 1.82) is 0 Å². The number of aliphatic carboxylic acids is 1. The molecule has 0 saturated carbocycles. The van der Waals surface area contributed by atoms with Crippen LogP contribution in [-0.2, 0) is 11.2 Å². The highest BCUT2D eigenvalue weighted by Gasteiger charge is 2.11. The van der Waals surface area contributed by atoms with Gasteiger partial charge in [-0.1, -0.05) is 12.1 Å². The Kier molecular flexibility index (Phi) is 4.31. The molecule has 1 rings (SSSR count). The van der Waals surface area contributed by atoms with Crippen LogP contribution in [0.15, 0.2) is 18.2 Å². The molecular weight excluding hydrogens is 206 g/mol. The van der Waals surface area contributed by atoms with Crippen molar-refractivity contribution in [1.82, 2.24) is 0 Å². The second-order valence-electron chi connectivity index (χ2n) is 3.79. The summed E-state index contributed by atoms with van der Waals surface area (Å²) < 4.78 is 5.14. The summed E-state index contributed by atoms with van der Waals surface area (Å²) in [5.41, 5.74) is 7.56. The zero-order chi connectivity index (χ0) is 12.1. The highest BCUT2D eigenvalue weighted by atomic mass is 16.5. The Balaban J connectivity index is 2.62. The molecule has 0 radical (unpaired) electrons. The summed E-state index contributed by atoms with van der Waals surface area (Å²) in [4.78, 5) is 10.5. The number of ether oxygens (including phenoxy) is 1. The first-order valence-electron chi connectivity index (χ1n) is 5.16. The maximum Gasteiger partial charge on any atom is 0.320 e. The normalized spacial score (nSPS) is 12.2. The third-order valence-corrected chi connectivity index (χ3v) is 2.52. The van der Waals surface area contributed by atoms with Crippen LogP contribution in [0, 0.1) is 6.92 Å². The van der Waals surface area contributed by atoms with Gasteiger partial charge in [0.05, 0.1) is 7.11 Å². The van der Waals surface area contributed by atoms with Crippen LogP contribution in [0.25, 0.3) is 0 Å². The Morgan fingerprint density at radius 1 is 1.56 bits per heavy atom. The Labute approximate surface area is 95.0 Å². The fraction of sp³-hybridized carbons (Fsp3) is 0.417. The highest BCUT2D eigenvalue weighted by molar-refractivity contribution is 5.73. The molecule has 0 aliphatic heterocycles. The van der Waals surface area contributed by atoms with Crippen LogP contribution in [0.1, 0.15) is 17.5 Å². The van der Waals surface area contributed by atoms with E-state index in [4.69, 9.17) is 15.6 Å². The number of rotatable bonds is 5. The van der Waals surface area contributed by atoms with Gasteiger partial charge in [-0.2, -0.15) is 0 Å². The lowest BCUT2D eigenvalue weighted by atomic mass is 10.0. The fourth-order valence-electron chi connectivity index (χ4n) is 1.54. The topological polar surface area (TPSA) is 72.5 Å². The number of carboxylic acids is 1. The van der Waals surface area contributed by atoms with E-state index in [1.165, 1.54) is 0 Å². The molecule has 4 heteroatoms. The van der Waals surface area contributed by atoms with Gasteiger partial charge in [0.2, 0.25) is 0 Å². The van der Waals surface area contributed by atoms with Gasteiger partial charge < -0.3 is 15.6 Å². The SMILES string of the molecule is COc1ccc(CCC(N)C(=O)O)cc1C. The van der Waals surface area contributed by atoms with Crippen LogP contribution >= 0.6 is 0 Å². The summed E-state index contributed by atoms with van der Waals surface area (Å²) in [6.07, 6.45) is 1.11. The molecule has 1 unspecified atom stereocenters.